The predicted octanol–water partition coefficient (Wildman–Crippen LogP) is 4.25. The highest BCUT2D eigenvalue weighted by Gasteiger charge is 2.05. The maximum Gasteiger partial charge on any atom is 0.331 e. The fraction of sp³-hybridized carbons (Fsp3) is 0.0625. The zero-order valence-corrected chi connectivity index (χ0v) is 11.4. The fourth-order valence-corrected chi connectivity index (χ4v) is 2.83. The third-order valence-electron chi connectivity index (χ3n) is 2.86. The number of esters is 1. The number of carbonyl (C=O) groups excluding carboxylic acids is 1. The van der Waals surface area contributed by atoms with Gasteiger partial charge in [0.15, 0.2) is 0 Å². The minimum absolute atomic E-state index is 0.283. The van der Waals surface area contributed by atoms with E-state index < -0.39 is 0 Å². The Hall–Kier alpha value is -2.33. The number of ether oxygens (including phenoxy) is 1. The highest BCUT2D eigenvalue weighted by molar-refractivity contribution is 7.17. The number of benzene rings is 1. The van der Waals surface area contributed by atoms with Crippen LogP contribution in [0.5, 0.6) is 0 Å². The molecular formula is C16H12O3S. The Balaban J connectivity index is 1.63. The fourth-order valence-electron chi connectivity index (χ4n) is 1.88. The number of rotatable bonds is 4. The summed E-state index contributed by atoms with van der Waals surface area (Å²) < 4.78 is 11.5. The lowest BCUT2D eigenvalue weighted by molar-refractivity contribution is -0.138. The summed E-state index contributed by atoms with van der Waals surface area (Å²) in [5.74, 6) is 0.250. The Morgan fingerprint density at radius 2 is 2.15 bits per heavy atom. The van der Waals surface area contributed by atoms with Gasteiger partial charge in [0.05, 0.1) is 6.26 Å². The van der Waals surface area contributed by atoms with Gasteiger partial charge in [-0.3, -0.25) is 0 Å². The summed E-state index contributed by atoms with van der Waals surface area (Å²) in [6.07, 6.45) is 4.52. The topological polar surface area (TPSA) is 39.4 Å². The number of carbonyl (C=O) groups is 1. The van der Waals surface area contributed by atoms with E-state index in [1.54, 1.807) is 35.8 Å². The highest BCUT2D eigenvalue weighted by atomic mass is 32.1. The van der Waals surface area contributed by atoms with Crippen LogP contribution >= 0.6 is 11.3 Å². The lowest BCUT2D eigenvalue weighted by Gasteiger charge is -2.00. The summed E-state index contributed by atoms with van der Waals surface area (Å²) in [6.45, 7) is 0.283. The molecule has 100 valence electrons. The SMILES string of the molecule is O=C(/C=C/c1ccco1)OCc1csc2ccccc12. The largest absolute Gasteiger partial charge is 0.465 e. The summed E-state index contributed by atoms with van der Waals surface area (Å²) in [5, 5.41) is 3.16. The van der Waals surface area contributed by atoms with Crippen LogP contribution in [0.2, 0.25) is 0 Å². The van der Waals surface area contributed by atoms with Gasteiger partial charge < -0.3 is 9.15 Å². The number of furan rings is 1. The monoisotopic (exact) mass is 284 g/mol. The molecule has 1 aromatic carbocycles. The molecule has 0 fully saturated rings. The molecule has 0 aliphatic carbocycles. The van der Waals surface area contributed by atoms with Crippen LogP contribution in [-0.2, 0) is 16.1 Å². The molecule has 0 atom stereocenters. The van der Waals surface area contributed by atoms with Crippen molar-refractivity contribution < 1.29 is 13.9 Å². The van der Waals surface area contributed by atoms with Gasteiger partial charge in [-0.1, -0.05) is 18.2 Å². The molecule has 0 saturated heterocycles. The molecule has 3 rings (SSSR count). The molecular weight excluding hydrogens is 272 g/mol. The smallest absolute Gasteiger partial charge is 0.331 e. The molecule has 0 spiro atoms. The van der Waals surface area contributed by atoms with E-state index in [2.05, 4.69) is 6.07 Å². The number of thiophene rings is 1. The maximum absolute atomic E-state index is 11.6. The van der Waals surface area contributed by atoms with Crippen molar-refractivity contribution in [1.82, 2.24) is 0 Å². The van der Waals surface area contributed by atoms with Crippen molar-refractivity contribution in [1.29, 1.82) is 0 Å². The first-order valence-corrected chi connectivity index (χ1v) is 7.04. The molecule has 0 amide bonds. The van der Waals surface area contributed by atoms with Crippen molar-refractivity contribution in [2.75, 3.05) is 0 Å². The predicted molar refractivity (Wildman–Crippen MR) is 79.4 cm³/mol. The Bertz CT molecular complexity index is 738. The van der Waals surface area contributed by atoms with Crippen molar-refractivity contribution in [3.05, 3.63) is 65.4 Å². The highest BCUT2D eigenvalue weighted by Crippen LogP contribution is 2.26. The van der Waals surface area contributed by atoms with Crippen LogP contribution in [0.3, 0.4) is 0 Å². The summed E-state index contributed by atoms with van der Waals surface area (Å²) in [6, 6.07) is 11.6. The van der Waals surface area contributed by atoms with Crippen LogP contribution in [0.1, 0.15) is 11.3 Å². The van der Waals surface area contributed by atoms with Crippen molar-refractivity contribution in [3.63, 3.8) is 0 Å². The Morgan fingerprint density at radius 1 is 1.25 bits per heavy atom. The second-order valence-corrected chi connectivity index (χ2v) is 5.12. The van der Waals surface area contributed by atoms with Crippen molar-refractivity contribution in [2.45, 2.75) is 6.61 Å². The van der Waals surface area contributed by atoms with Crippen LogP contribution in [0, 0.1) is 0 Å². The Labute approximate surface area is 120 Å². The van der Waals surface area contributed by atoms with E-state index in [0.717, 1.165) is 10.9 Å². The molecule has 0 bridgehead atoms. The van der Waals surface area contributed by atoms with Crippen LogP contribution < -0.4 is 0 Å². The molecule has 2 heterocycles. The van der Waals surface area contributed by atoms with Gasteiger partial charge in [-0.05, 0) is 35.0 Å². The van der Waals surface area contributed by atoms with Crippen LogP contribution in [0.15, 0.2) is 58.5 Å². The standard InChI is InChI=1S/C16H12O3S/c17-16(8-7-13-4-3-9-18-13)19-10-12-11-20-15-6-2-1-5-14(12)15/h1-9,11H,10H2/b8-7+. The first-order chi connectivity index (χ1) is 9.83. The second-order valence-electron chi connectivity index (χ2n) is 4.21. The van der Waals surface area contributed by atoms with E-state index in [1.165, 1.54) is 10.8 Å². The van der Waals surface area contributed by atoms with E-state index in [4.69, 9.17) is 9.15 Å². The average Bonchev–Trinajstić information content (AvgIpc) is 3.12. The number of hydrogen-bond acceptors (Lipinski definition) is 4. The van der Waals surface area contributed by atoms with E-state index in [0.29, 0.717) is 5.76 Å². The zero-order valence-electron chi connectivity index (χ0n) is 10.6. The van der Waals surface area contributed by atoms with E-state index in [1.807, 2.05) is 23.6 Å². The van der Waals surface area contributed by atoms with E-state index >= 15 is 0 Å². The molecule has 0 aliphatic heterocycles. The molecule has 0 aliphatic rings. The van der Waals surface area contributed by atoms with E-state index in [9.17, 15) is 4.79 Å². The van der Waals surface area contributed by atoms with E-state index in [-0.39, 0.29) is 12.6 Å². The zero-order chi connectivity index (χ0) is 13.8. The molecule has 0 N–H and O–H groups in total. The first kappa shape index (κ1) is 12.7. The summed E-state index contributed by atoms with van der Waals surface area (Å²) in [5.41, 5.74) is 1.03. The normalized spacial score (nSPS) is 11.2. The molecule has 0 radical (unpaired) electrons. The molecule has 0 saturated carbocycles. The van der Waals surface area contributed by atoms with Crippen molar-refractivity contribution >= 4 is 33.5 Å². The Kier molecular flexibility index (Phi) is 3.65. The number of hydrogen-bond donors (Lipinski definition) is 0. The quantitative estimate of drug-likeness (QED) is 0.531. The first-order valence-electron chi connectivity index (χ1n) is 6.16. The van der Waals surface area contributed by atoms with Crippen molar-refractivity contribution in [3.8, 4) is 0 Å². The molecule has 2 aromatic heterocycles. The van der Waals surface area contributed by atoms with Crippen molar-refractivity contribution in [2.24, 2.45) is 0 Å². The van der Waals surface area contributed by atoms with Gasteiger partial charge in [-0.15, -0.1) is 11.3 Å². The molecule has 0 unspecified atom stereocenters. The van der Waals surface area contributed by atoms with Crippen LogP contribution in [0.25, 0.3) is 16.2 Å². The lowest BCUT2D eigenvalue weighted by atomic mass is 10.2. The summed E-state index contributed by atoms with van der Waals surface area (Å²) in [7, 11) is 0. The molecule has 4 heteroatoms. The maximum atomic E-state index is 11.6. The minimum Gasteiger partial charge on any atom is -0.465 e. The van der Waals surface area contributed by atoms with Crippen LogP contribution in [-0.4, -0.2) is 5.97 Å². The van der Waals surface area contributed by atoms with Gasteiger partial charge >= 0.3 is 5.97 Å². The van der Waals surface area contributed by atoms with Gasteiger partial charge in [-0.2, -0.15) is 0 Å². The third-order valence-corrected chi connectivity index (χ3v) is 3.87. The minimum atomic E-state index is -0.378. The van der Waals surface area contributed by atoms with Gasteiger partial charge in [-0.25, -0.2) is 4.79 Å². The Morgan fingerprint density at radius 3 is 3.00 bits per heavy atom. The molecule has 3 aromatic rings. The molecule has 20 heavy (non-hydrogen) atoms. The second kappa shape index (κ2) is 5.75. The van der Waals surface area contributed by atoms with Gasteiger partial charge in [0, 0.05) is 16.3 Å². The average molecular weight is 284 g/mol. The third kappa shape index (κ3) is 2.81. The lowest BCUT2D eigenvalue weighted by Crippen LogP contribution is -2.00. The van der Waals surface area contributed by atoms with Crippen LogP contribution in [0.4, 0.5) is 0 Å². The summed E-state index contributed by atoms with van der Waals surface area (Å²) in [4.78, 5) is 11.6. The van der Waals surface area contributed by atoms with Gasteiger partial charge in [0.2, 0.25) is 0 Å². The van der Waals surface area contributed by atoms with Gasteiger partial charge in [0.1, 0.15) is 12.4 Å². The number of fused-ring (bicyclic) bond motifs is 1. The van der Waals surface area contributed by atoms with Gasteiger partial charge in [0.25, 0.3) is 0 Å². The summed E-state index contributed by atoms with van der Waals surface area (Å²) >= 11 is 1.65. The molecule has 3 nitrogen and oxygen atoms in total.